The number of hydrogen-bond acceptors (Lipinski definition) is 2. The molecule has 0 atom stereocenters. The van der Waals surface area contributed by atoms with Gasteiger partial charge in [-0.1, -0.05) is 31.5 Å². The van der Waals surface area contributed by atoms with Gasteiger partial charge in [-0.05, 0) is 36.7 Å². The highest BCUT2D eigenvalue weighted by Crippen LogP contribution is 2.43. The zero-order valence-electron chi connectivity index (χ0n) is 12.7. The molecule has 0 saturated heterocycles. The summed E-state index contributed by atoms with van der Waals surface area (Å²) in [7, 11) is 0. The van der Waals surface area contributed by atoms with Crippen LogP contribution in [0.5, 0.6) is 0 Å². The number of fused-ring (bicyclic) bond motifs is 1. The summed E-state index contributed by atoms with van der Waals surface area (Å²) in [5.41, 5.74) is 5.81. The van der Waals surface area contributed by atoms with E-state index in [2.05, 4.69) is 40.0 Å². The maximum Gasteiger partial charge on any atom is 0.0951 e. The fourth-order valence-corrected chi connectivity index (χ4v) is 3.74. The van der Waals surface area contributed by atoms with Crippen molar-refractivity contribution in [2.45, 2.75) is 45.6 Å². The standard InChI is InChI=1S/C18H23N3/c1-18(8-4-9-18)12-21-13-19-11-16(21)15-7-2-5-14-6-3-10-20-17(14)15/h2,5,7,11,13,20H,3-4,6,8-10,12H2,1H3. The smallest absolute Gasteiger partial charge is 0.0951 e. The first-order chi connectivity index (χ1) is 10.3. The highest BCUT2D eigenvalue weighted by Gasteiger charge is 2.32. The SMILES string of the molecule is CC1(Cn2cncc2-c2cccc3c2NCCC3)CCC1. The number of benzene rings is 1. The lowest BCUT2D eigenvalue weighted by Crippen LogP contribution is -2.30. The van der Waals surface area contributed by atoms with Crippen LogP contribution in [0.3, 0.4) is 0 Å². The molecule has 4 rings (SSSR count). The number of anilines is 1. The van der Waals surface area contributed by atoms with Crippen LogP contribution in [-0.2, 0) is 13.0 Å². The van der Waals surface area contributed by atoms with Crippen LogP contribution in [0.15, 0.2) is 30.7 Å². The fourth-order valence-electron chi connectivity index (χ4n) is 3.74. The molecule has 3 nitrogen and oxygen atoms in total. The molecule has 0 spiro atoms. The number of hydrogen-bond donors (Lipinski definition) is 1. The lowest BCUT2D eigenvalue weighted by Gasteiger charge is -2.39. The van der Waals surface area contributed by atoms with Crippen LogP contribution < -0.4 is 5.32 Å². The maximum absolute atomic E-state index is 4.43. The molecule has 1 fully saturated rings. The van der Waals surface area contributed by atoms with Gasteiger partial charge in [0.25, 0.3) is 0 Å². The number of aryl methyl sites for hydroxylation is 1. The van der Waals surface area contributed by atoms with Crippen LogP contribution in [0.1, 0.15) is 38.2 Å². The van der Waals surface area contributed by atoms with Gasteiger partial charge in [-0.25, -0.2) is 4.98 Å². The summed E-state index contributed by atoms with van der Waals surface area (Å²) in [5.74, 6) is 0. The zero-order chi connectivity index (χ0) is 14.3. The first-order valence-corrected chi connectivity index (χ1v) is 8.11. The van der Waals surface area contributed by atoms with Crippen LogP contribution in [0.25, 0.3) is 11.3 Å². The summed E-state index contributed by atoms with van der Waals surface area (Å²) in [6.45, 7) is 4.57. The maximum atomic E-state index is 4.43. The van der Waals surface area contributed by atoms with Crippen molar-refractivity contribution in [2.24, 2.45) is 5.41 Å². The Kier molecular flexibility index (Phi) is 3.02. The van der Waals surface area contributed by atoms with Gasteiger partial charge in [-0.3, -0.25) is 0 Å². The number of aromatic nitrogens is 2. The summed E-state index contributed by atoms with van der Waals surface area (Å²) in [6, 6.07) is 6.66. The Hall–Kier alpha value is -1.77. The summed E-state index contributed by atoms with van der Waals surface area (Å²) in [6.07, 6.45) is 10.5. The third kappa shape index (κ3) is 2.25. The molecular formula is C18H23N3. The largest absolute Gasteiger partial charge is 0.384 e. The van der Waals surface area contributed by atoms with Gasteiger partial charge in [0.15, 0.2) is 0 Å². The van der Waals surface area contributed by atoms with Crippen LogP contribution >= 0.6 is 0 Å². The van der Waals surface area contributed by atoms with E-state index in [0.717, 1.165) is 13.1 Å². The Bertz CT molecular complexity index is 652. The third-order valence-electron chi connectivity index (χ3n) is 5.18. The molecule has 1 N–H and O–H groups in total. The number of nitrogens with one attached hydrogen (secondary N) is 1. The van der Waals surface area contributed by atoms with Crippen molar-refractivity contribution in [3.8, 4) is 11.3 Å². The predicted octanol–water partition coefficient (Wildman–Crippen LogP) is 4.10. The minimum absolute atomic E-state index is 0.470. The highest BCUT2D eigenvalue weighted by molar-refractivity contribution is 5.79. The molecule has 0 unspecified atom stereocenters. The molecule has 0 bridgehead atoms. The quantitative estimate of drug-likeness (QED) is 0.918. The molecule has 2 aromatic rings. The lowest BCUT2D eigenvalue weighted by atomic mass is 9.70. The molecular weight excluding hydrogens is 258 g/mol. The second kappa shape index (κ2) is 4.90. The van der Waals surface area contributed by atoms with E-state index in [-0.39, 0.29) is 0 Å². The van der Waals surface area contributed by atoms with Gasteiger partial charge in [0.05, 0.1) is 18.2 Å². The van der Waals surface area contributed by atoms with E-state index in [9.17, 15) is 0 Å². The molecule has 110 valence electrons. The first kappa shape index (κ1) is 12.9. The van der Waals surface area contributed by atoms with Crippen LogP contribution in [-0.4, -0.2) is 16.1 Å². The Morgan fingerprint density at radius 2 is 2.19 bits per heavy atom. The Morgan fingerprint density at radius 1 is 1.29 bits per heavy atom. The molecule has 2 heterocycles. The predicted molar refractivity (Wildman–Crippen MR) is 86.4 cm³/mol. The van der Waals surface area contributed by atoms with E-state index >= 15 is 0 Å². The number of para-hydroxylation sites is 1. The van der Waals surface area contributed by atoms with Gasteiger partial charge in [0.2, 0.25) is 0 Å². The van der Waals surface area contributed by atoms with E-state index in [0.29, 0.717) is 5.41 Å². The van der Waals surface area contributed by atoms with Crippen molar-refractivity contribution in [3.05, 3.63) is 36.3 Å². The van der Waals surface area contributed by atoms with Crippen LogP contribution in [0.4, 0.5) is 5.69 Å². The van der Waals surface area contributed by atoms with Gasteiger partial charge >= 0.3 is 0 Å². The molecule has 1 aromatic carbocycles. The number of imidazole rings is 1. The summed E-state index contributed by atoms with van der Waals surface area (Å²) >= 11 is 0. The average molecular weight is 281 g/mol. The molecule has 0 amide bonds. The van der Waals surface area contributed by atoms with Crippen molar-refractivity contribution < 1.29 is 0 Å². The van der Waals surface area contributed by atoms with E-state index in [1.165, 1.54) is 54.6 Å². The minimum atomic E-state index is 0.470. The lowest BCUT2D eigenvalue weighted by molar-refractivity contribution is 0.133. The monoisotopic (exact) mass is 281 g/mol. The van der Waals surface area contributed by atoms with Crippen molar-refractivity contribution in [1.29, 1.82) is 0 Å². The van der Waals surface area contributed by atoms with Crippen molar-refractivity contribution >= 4 is 5.69 Å². The molecule has 1 aliphatic heterocycles. The van der Waals surface area contributed by atoms with Crippen molar-refractivity contribution in [1.82, 2.24) is 9.55 Å². The zero-order valence-corrected chi connectivity index (χ0v) is 12.7. The molecule has 0 radical (unpaired) electrons. The summed E-state index contributed by atoms with van der Waals surface area (Å²) < 4.78 is 2.35. The van der Waals surface area contributed by atoms with Crippen LogP contribution in [0.2, 0.25) is 0 Å². The Labute approximate surface area is 126 Å². The normalized spacial score (nSPS) is 19.5. The van der Waals surface area contributed by atoms with Crippen molar-refractivity contribution in [2.75, 3.05) is 11.9 Å². The molecule has 3 heteroatoms. The van der Waals surface area contributed by atoms with Gasteiger partial charge in [-0.15, -0.1) is 0 Å². The van der Waals surface area contributed by atoms with Crippen LogP contribution in [0, 0.1) is 5.41 Å². The second-order valence-electron chi connectivity index (χ2n) is 6.94. The fraction of sp³-hybridized carbons (Fsp3) is 0.500. The topological polar surface area (TPSA) is 29.9 Å². The second-order valence-corrected chi connectivity index (χ2v) is 6.94. The Balaban J connectivity index is 1.72. The minimum Gasteiger partial charge on any atom is -0.384 e. The molecule has 1 aliphatic carbocycles. The molecule has 1 aromatic heterocycles. The third-order valence-corrected chi connectivity index (χ3v) is 5.18. The summed E-state index contributed by atoms with van der Waals surface area (Å²) in [5, 5.41) is 3.60. The van der Waals surface area contributed by atoms with Gasteiger partial charge in [-0.2, -0.15) is 0 Å². The number of rotatable bonds is 3. The average Bonchev–Trinajstić information content (AvgIpc) is 2.93. The van der Waals surface area contributed by atoms with Gasteiger partial charge < -0.3 is 9.88 Å². The van der Waals surface area contributed by atoms with E-state index in [1.54, 1.807) is 0 Å². The van der Waals surface area contributed by atoms with E-state index in [4.69, 9.17) is 0 Å². The molecule has 21 heavy (non-hydrogen) atoms. The van der Waals surface area contributed by atoms with Gasteiger partial charge in [0, 0.05) is 24.3 Å². The van der Waals surface area contributed by atoms with Gasteiger partial charge in [0.1, 0.15) is 0 Å². The van der Waals surface area contributed by atoms with E-state index < -0.39 is 0 Å². The van der Waals surface area contributed by atoms with Crippen molar-refractivity contribution in [3.63, 3.8) is 0 Å². The summed E-state index contributed by atoms with van der Waals surface area (Å²) in [4.78, 5) is 4.43. The Morgan fingerprint density at radius 3 is 3.00 bits per heavy atom. The van der Waals surface area contributed by atoms with E-state index in [1.807, 2.05) is 12.5 Å². The highest BCUT2D eigenvalue weighted by atomic mass is 15.1. The molecule has 2 aliphatic rings. The number of nitrogens with zero attached hydrogens (tertiary/aromatic N) is 2. The molecule has 1 saturated carbocycles. The first-order valence-electron chi connectivity index (χ1n) is 8.11.